The second-order valence-corrected chi connectivity index (χ2v) is 6.18. The van der Waals surface area contributed by atoms with Gasteiger partial charge in [-0.25, -0.2) is 4.98 Å². The van der Waals surface area contributed by atoms with Gasteiger partial charge < -0.3 is 9.32 Å². The number of carbonyl (C=O) groups excluding carboxylic acids is 1. The van der Waals surface area contributed by atoms with E-state index in [4.69, 9.17) is 4.42 Å². The van der Waals surface area contributed by atoms with Crippen LogP contribution < -0.4 is 0 Å². The maximum atomic E-state index is 12.4. The Morgan fingerprint density at radius 3 is 2.76 bits per heavy atom. The van der Waals surface area contributed by atoms with Crippen molar-refractivity contribution in [3.8, 4) is 0 Å². The van der Waals surface area contributed by atoms with Gasteiger partial charge in [0.25, 0.3) is 5.91 Å². The van der Waals surface area contributed by atoms with Crippen LogP contribution >= 0.6 is 11.3 Å². The van der Waals surface area contributed by atoms with Gasteiger partial charge in [0.1, 0.15) is 16.5 Å². The molecule has 5 heteroatoms. The van der Waals surface area contributed by atoms with E-state index < -0.39 is 0 Å². The molecule has 0 radical (unpaired) electrons. The minimum absolute atomic E-state index is 0.0383. The highest BCUT2D eigenvalue weighted by molar-refractivity contribution is 7.18. The van der Waals surface area contributed by atoms with Crippen LogP contribution in [0.1, 0.15) is 26.9 Å². The number of nitrogens with zero attached hydrogens (tertiary/aromatic N) is 2. The normalized spacial score (nSPS) is 11.0. The van der Waals surface area contributed by atoms with Gasteiger partial charge in [-0.2, -0.15) is 0 Å². The first-order valence-electron chi connectivity index (χ1n) is 6.71. The van der Waals surface area contributed by atoms with Crippen LogP contribution in [0.5, 0.6) is 0 Å². The van der Waals surface area contributed by atoms with E-state index in [0.717, 1.165) is 21.0 Å². The van der Waals surface area contributed by atoms with Crippen LogP contribution in [0.15, 0.2) is 34.7 Å². The Kier molecular flexibility index (Phi) is 3.51. The fraction of sp³-hybridized carbons (Fsp3) is 0.250. The van der Waals surface area contributed by atoms with Gasteiger partial charge in [0.15, 0.2) is 0 Å². The first-order chi connectivity index (χ1) is 10.0. The third-order valence-electron chi connectivity index (χ3n) is 3.33. The van der Waals surface area contributed by atoms with Crippen molar-refractivity contribution >= 4 is 27.5 Å². The Morgan fingerprint density at radius 1 is 1.33 bits per heavy atom. The van der Waals surface area contributed by atoms with Crippen molar-refractivity contribution in [2.45, 2.75) is 20.4 Å². The van der Waals surface area contributed by atoms with Gasteiger partial charge in [-0.1, -0.05) is 12.1 Å². The summed E-state index contributed by atoms with van der Waals surface area (Å²) >= 11 is 1.62. The number of para-hydroxylation sites is 1. The molecule has 0 saturated heterocycles. The van der Waals surface area contributed by atoms with E-state index in [2.05, 4.69) is 4.98 Å². The van der Waals surface area contributed by atoms with E-state index in [0.29, 0.717) is 17.9 Å². The van der Waals surface area contributed by atoms with E-state index in [1.807, 2.05) is 38.1 Å². The lowest BCUT2D eigenvalue weighted by Gasteiger charge is -2.14. The van der Waals surface area contributed by atoms with Crippen molar-refractivity contribution in [2.75, 3.05) is 7.05 Å². The maximum Gasteiger partial charge on any atom is 0.257 e. The SMILES string of the molecule is Cc1cc(C(=O)N(C)Cc2nc3ccccc3s2)c(C)o1. The summed E-state index contributed by atoms with van der Waals surface area (Å²) in [4.78, 5) is 18.7. The molecule has 2 aromatic heterocycles. The zero-order chi connectivity index (χ0) is 15.0. The number of rotatable bonds is 3. The monoisotopic (exact) mass is 300 g/mol. The zero-order valence-electron chi connectivity index (χ0n) is 12.2. The summed E-state index contributed by atoms with van der Waals surface area (Å²) in [5.41, 5.74) is 1.60. The number of hydrogen-bond acceptors (Lipinski definition) is 4. The molecule has 1 aromatic carbocycles. The van der Waals surface area contributed by atoms with Crippen LogP contribution in [0.3, 0.4) is 0 Å². The highest BCUT2D eigenvalue weighted by Gasteiger charge is 2.18. The highest BCUT2D eigenvalue weighted by atomic mass is 32.1. The number of aryl methyl sites for hydroxylation is 2. The van der Waals surface area contributed by atoms with Crippen LogP contribution in [-0.4, -0.2) is 22.8 Å². The van der Waals surface area contributed by atoms with Gasteiger partial charge in [0.2, 0.25) is 0 Å². The smallest absolute Gasteiger partial charge is 0.257 e. The first kappa shape index (κ1) is 13.8. The van der Waals surface area contributed by atoms with E-state index in [1.165, 1.54) is 0 Å². The number of benzene rings is 1. The molecular formula is C16H16N2O2S. The van der Waals surface area contributed by atoms with Crippen molar-refractivity contribution in [1.82, 2.24) is 9.88 Å². The van der Waals surface area contributed by atoms with Crippen molar-refractivity contribution in [3.63, 3.8) is 0 Å². The molecule has 0 bridgehead atoms. The Balaban J connectivity index is 1.80. The third-order valence-corrected chi connectivity index (χ3v) is 4.35. The topological polar surface area (TPSA) is 46.3 Å². The minimum Gasteiger partial charge on any atom is -0.466 e. The van der Waals surface area contributed by atoms with Crippen molar-refractivity contribution < 1.29 is 9.21 Å². The Hall–Kier alpha value is -2.14. The second-order valence-electron chi connectivity index (χ2n) is 5.06. The van der Waals surface area contributed by atoms with Gasteiger partial charge >= 0.3 is 0 Å². The fourth-order valence-electron chi connectivity index (χ4n) is 2.31. The summed E-state index contributed by atoms with van der Waals surface area (Å²) in [5.74, 6) is 1.38. The standard InChI is InChI=1S/C16H16N2O2S/c1-10-8-12(11(2)20-10)16(19)18(3)9-15-17-13-6-4-5-7-14(13)21-15/h4-8H,9H2,1-3H3. The largest absolute Gasteiger partial charge is 0.466 e. The number of furan rings is 1. The molecule has 1 amide bonds. The molecule has 0 aliphatic carbocycles. The number of thiazole rings is 1. The van der Waals surface area contributed by atoms with Crippen LogP contribution in [0.25, 0.3) is 10.2 Å². The predicted octanol–water partition coefficient (Wildman–Crippen LogP) is 3.78. The summed E-state index contributed by atoms with van der Waals surface area (Å²) < 4.78 is 6.57. The Bertz CT molecular complexity index is 771. The number of aromatic nitrogens is 1. The predicted molar refractivity (Wildman–Crippen MR) is 83.6 cm³/mol. The molecule has 0 saturated carbocycles. The van der Waals surface area contributed by atoms with Crippen LogP contribution in [0.4, 0.5) is 0 Å². The Labute approximate surface area is 127 Å². The third kappa shape index (κ3) is 2.69. The minimum atomic E-state index is -0.0383. The van der Waals surface area contributed by atoms with Gasteiger partial charge in [-0.3, -0.25) is 4.79 Å². The molecule has 4 nitrogen and oxygen atoms in total. The number of amides is 1. The van der Waals surface area contributed by atoms with E-state index >= 15 is 0 Å². The molecule has 21 heavy (non-hydrogen) atoms. The van der Waals surface area contributed by atoms with E-state index in [9.17, 15) is 4.79 Å². The van der Waals surface area contributed by atoms with Gasteiger partial charge in [-0.15, -0.1) is 11.3 Å². The molecule has 0 N–H and O–H groups in total. The van der Waals surface area contributed by atoms with Crippen molar-refractivity contribution in [1.29, 1.82) is 0 Å². The van der Waals surface area contributed by atoms with Crippen molar-refractivity contribution in [2.24, 2.45) is 0 Å². The first-order valence-corrected chi connectivity index (χ1v) is 7.53. The molecule has 3 aromatic rings. The average Bonchev–Trinajstić information content (AvgIpc) is 3.00. The van der Waals surface area contributed by atoms with Gasteiger partial charge in [0.05, 0.1) is 22.3 Å². The summed E-state index contributed by atoms with van der Waals surface area (Å²) in [6, 6.07) is 9.78. The van der Waals surface area contributed by atoms with E-state index in [-0.39, 0.29) is 5.91 Å². The summed E-state index contributed by atoms with van der Waals surface area (Å²) in [5, 5.41) is 0.935. The number of fused-ring (bicyclic) bond motifs is 1. The molecular weight excluding hydrogens is 284 g/mol. The maximum absolute atomic E-state index is 12.4. The van der Waals surface area contributed by atoms with Crippen LogP contribution in [0.2, 0.25) is 0 Å². The molecule has 0 aliphatic rings. The van der Waals surface area contributed by atoms with Crippen molar-refractivity contribution in [3.05, 3.63) is 52.4 Å². The van der Waals surface area contributed by atoms with Gasteiger partial charge in [-0.05, 0) is 32.0 Å². The zero-order valence-corrected chi connectivity index (χ0v) is 13.0. The summed E-state index contributed by atoms with van der Waals surface area (Å²) in [6.45, 7) is 4.16. The fourth-order valence-corrected chi connectivity index (χ4v) is 3.33. The van der Waals surface area contributed by atoms with Crippen LogP contribution in [-0.2, 0) is 6.54 Å². The molecule has 0 fully saturated rings. The molecule has 2 heterocycles. The number of carbonyl (C=O) groups is 1. The molecule has 0 atom stereocenters. The van der Waals surface area contributed by atoms with E-state index in [1.54, 1.807) is 29.4 Å². The Morgan fingerprint density at radius 2 is 2.10 bits per heavy atom. The van der Waals surface area contributed by atoms with Gasteiger partial charge in [0, 0.05) is 7.05 Å². The molecule has 3 rings (SSSR count). The highest BCUT2D eigenvalue weighted by Crippen LogP contribution is 2.23. The lowest BCUT2D eigenvalue weighted by molar-refractivity contribution is 0.0783. The quantitative estimate of drug-likeness (QED) is 0.739. The molecule has 0 spiro atoms. The molecule has 0 unspecified atom stereocenters. The number of hydrogen-bond donors (Lipinski definition) is 0. The molecule has 0 aliphatic heterocycles. The molecule has 108 valence electrons. The second kappa shape index (κ2) is 5.33. The summed E-state index contributed by atoms with van der Waals surface area (Å²) in [6.07, 6.45) is 0. The lowest BCUT2D eigenvalue weighted by Crippen LogP contribution is -2.26. The average molecular weight is 300 g/mol. The van der Waals surface area contributed by atoms with Crippen LogP contribution in [0, 0.1) is 13.8 Å². The summed E-state index contributed by atoms with van der Waals surface area (Å²) in [7, 11) is 1.79. The lowest BCUT2D eigenvalue weighted by atomic mass is 10.2.